The molecule has 0 unspecified atom stereocenters. The van der Waals surface area contributed by atoms with Gasteiger partial charge in [-0.2, -0.15) is 4.98 Å². The number of nitrogens with one attached hydrogen (secondary N) is 1. The van der Waals surface area contributed by atoms with Crippen LogP contribution in [0.1, 0.15) is 18.9 Å². The quantitative estimate of drug-likeness (QED) is 0.846. The molecule has 2 rings (SSSR count). The highest BCUT2D eigenvalue weighted by molar-refractivity contribution is 9.10. The largest absolute Gasteiger partial charge is 0.493 e. The van der Waals surface area contributed by atoms with Crippen LogP contribution in [-0.4, -0.2) is 23.6 Å². The maximum Gasteiger partial charge on any atom is 0.238 e. The van der Waals surface area contributed by atoms with E-state index in [2.05, 4.69) is 38.1 Å². The monoisotopic (exact) mass is 351 g/mol. The number of benzene rings is 1. The zero-order chi connectivity index (χ0) is 15.2. The molecule has 0 aliphatic heterocycles. The first-order chi connectivity index (χ1) is 10.1. The number of nitrogens with zero attached hydrogens (tertiary/aromatic N) is 2. The summed E-state index contributed by atoms with van der Waals surface area (Å²) in [6, 6.07) is 5.74. The van der Waals surface area contributed by atoms with E-state index in [1.54, 1.807) is 13.3 Å². The van der Waals surface area contributed by atoms with Crippen molar-refractivity contribution in [3.8, 4) is 17.4 Å². The maximum atomic E-state index is 5.84. The van der Waals surface area contributed by atoms with Crippen LogP contribution < -0.4 is 14.8 Å². The van der Waals surface area contributed by atoms with Crippen molar-refractivity contribution in [3.63, 3.8) is 0 Å². The first-order valence-corrected chi connectivity index (χ1v) is 7.52. The van der Waals surface area contributed by atoms with Crippen LogP contribution in [0.4, 0.5) is 5.95 Å². The van der Waals surface area contributed by atoms with Crippen molar-refractivity contribution in [3.05, 3.63) is 34.4 Å². The number of hydrogen-bond donors (Lipinski definition) is 1. The molecule has 0 spiro atoms. The molecule has 0 amide bonds. The molecule has 5 nitrogen and oxygen atoms in total. The van der Waals surface area contributed by atoms with Gasteiger partial charge in [-0.05, 0) is 47.0 Å². The second kappa shape index (κ2) is 7.26. The average molecular weight is 352 g/mol. The Labute approximate surface area is 132 Å². The summed E-state index contributed by atoms with van der Waals surface area (Å²) in [5.74, 6) is 2.28. The summed E-state index contributed by atoms with van der Waals surface area (Å²) in [7, 11) is 1.62. The third kappa shape index (κ3) is 4.07. The number of methoxy groups -OCH3 is 1. The Morgan fingerprint density at radius 3 is 2.81 bits per heavy atom. The Morgan fingerprint density at radius 1 is 1.29 bits per heavy atom. The molecule has 1 aromatic heterocycles. The lowest BCUT2D eigenvalue weighted by molar-refractivity contribution is 0.373. The van der Waals surface area contributed by atoms with Crippen molar-refractivity contribution in [2.24, 2.45) is 0 Å². The summed E-state index contributed by atoms with van der Waals surface area (Å²) in [5.41, 5.74) is 1.10. The Bertz CT molecular complexity index is 620. The molecule has 0 fully saturated rings. The van der Waals surface area contributed by atoms with Gasteiger partial charge in [-0.3, -0.25) is 0 Å². The number of anilines is 1. The normalized spacial score (nSPS) is 10.3. The minimum absolute atomic E-state index is 0.450. The molecule has 1 heterocycles. The fourth-order valence-corrected chi connectivity index (χ4v) is 1.98. The first-order valence-electron chi connectivity index (χ1n) is 6.73. The van der Waals surface area contributed by atoms with E-state index < -0.39 is 0 Å². The van der Waals surface area contributed by atoms with E-state index in [1.165, 1.54) is 0 Å². The third-order valence-corrected chi connectivity index (χ3v) is 3.31. The number of aryl methyl sites for hydroxylation is 1. The predicted octanol–water partition coefficient (Wildman–Crippen LogP) is 4.17. The summed E-state index contributed by atoms with van der Waals surface area (Å²) >= 11 is 3.40. The van der Waals surface area contributed by atoms with Crippen molar-refractivity contribution < 1.29 is 9.47 Å². The summed E-state index contributed by atoms with van der Waals surface area (Å²) < 4.78 is 11.9. The van der Waals surface area contributed by atoms with Crippen LogP contribution in [0.25, 0.3) is 0 Å². The highest BCUT2D eigenvalue weighted by atomic mass is 79.9. The molecule has 0 aliphatic carbocycles. The van der Waals surface area contributed by atoms with Gasteiger partial charge in [0.25, 0.3) is 0 Å². The molecular formula is C15H18BrN3O2. The number of rotatable bonds is 6. The third-order valence-electron chi connectivity index (χ3n) is 2.77. The topological polar surface area (TPSA) is 56.3 Å². The minimum atomic E-state index is 0.450. The zero-order valence-corrected chi connectivity index (χ0v) is 13.9. The van der Waals surface area contributed by atoms with Gasteiger partial charge >= 0.3 is 0 Å². The van der Waals surface area contributed by atoms with Gasteiger partial charge in [-0.15, -0.1) is 0 Å². The first kappa shape index (κ1) is 15.6. The lowest BCUT2D eigenvalue weighted by Crippen LogP contribution is -2.05. The number of hydrogen-bond acceptors (Lipinski definition) is 5. The van der Waals surface area contributed by atoms with E-state index in [0.717, 1.165) is 18.5 Å². The molecule has 0 aliphatic rings. The van der Waals surface area contributed by atoms with Gasteiger partial charge in [0.1, 0.15) is 0 Å². The lowest BCUT2D eigenvalue weighted by atomic mass is 10.2. The Balaban J connectivity index is 2.26. The van der Waals surface area contributed by atoms with Crippen LogP contribution in [0.2, 0.25) is 0 Å². The maximum absolute atomic E-state index is 5.84. The summed E-state index contributed by atoms with van der Waals surface area (Å²) in [6.07, 6.45) is 2.67. The van der Waals surface area contributed by atoms with Gasteiger partial charge in [0.15, 0.2) is 11.5 Å². The molecule has 112 valence electrons. The van der Waals surface area contributed by atoms with E-state index in [4.69, 9.17) is 9.47 Å². The van der Waals surface area contributed by atoms with Gasteiger partial charge in [-0.1, -0.05) is 13.0 Å². The van der Waals surface area contributed by atoms with Crippen molar-refractivity contribution in [2.45, 2.75) is 20.3 Å². The van der Waals surface area contributed by atoms with Gasteiger partial charge in [-0.25, -0.2) is 4.98 Å². The molecule has 1 N–H and O–H groups in total. The molecule has 0 saturated heterocycles. The fourth-order valence-electron chi connectivity index (χ4n) is 1.71. The lowest BCUT2D eigenvalue weighted by Gasteiger charge is -2.12. The second-order valence-corrected chi connectivity index (χ2v) is 5.38. The predicted molar refractivity (Wildman–Crippen MR) is 86.3 cm³/mol. The summed E-state index contributed by atoms with van der Waals surface area (Å²) in [4.78, 5) is 8.55. The Morgan fingerprint density at radius 2 is 2.10 bits per heavy atom. The molecule has 0 bridgehead atoms. The highest BCUT2D eigenvalue weighted by Crippen LogP contribution is 2.34. The molecule has 1 aromatic carbocycles. The summed E-state index contributed by atoms with van der Waals surface area (Å²) in [5, 5.41) is 3.13. The van der Waals surface area contributed by atoms with Crippen molar-refractivity contribution in [2.75, 3.05) is 19.0 Å². The number of ether oxygens (including phenoxy) is 2. The molecular weight excluding hydrogens is 334 g/mol. The Hall–Kier alpha value is -1.82. The van der Waals surface area contributed by atoms with Crippen LogP contribution in [-0.2, 0) is 0 Å². The molecule has 2 aromatic rings. The number of halogens is 1. The van der Waals surface area contributed by atoms with Crippen molar-refractivity contribution >= 4 is 21.9 Å². The standard InChI is InChI=1S/C15H18BrN3O2/c1-4-7-17-15-18-9-11(16)14(19-15)21-12-6-5-10(2)8-13(12)20-3/h5-6,8-9H,4,7H2,1-3H3,(H,17,18,19). The van der Waals surface area contributed by atoms with Crippen molar-refractivity contribution in [1.29, 1.82) is 0 Å². The molecule has 6 heteroatoms. The van der Waals surface area contributed by atoms with Crippen LogP contribution in [0.15, 0.2) is 28.9 Å². The number of aromatic nitrogens is 2. The van der Waals surface area contributed by atoms with E-state index in [9.17, 15) is 0 Å². The van der Waals surface area contributed by atoms with E-state index in [1.807, 2.05) is 25.1 Å². The van der Waals surface area contributed by atoms with Gasteiger partial charge < -0.3 is 14.8 Å². The molecule has 0 saturated carbocycles. The average Bonchev–Trinajstić information content (AvgIpc) is 2.49. The highest BCUT2D eigenvalue weighted by Gasteiger charge is 2.11. The Kier molecular flexibility index (Phi) is 5.38. The second-order valence-electron chi connectivity index (χ2n) is 4.53. The summed E-state index contributed by atoms with van der Waals surface area (Å²) in [6.45, 7) is 4.90. The fraction of sp³-hybridized carbons (Fsp3) is 0.333. The smallest absolute Gasteiger partial charge is 0.238 e. The van der Waals surface area contributed by atoms with Crippen molar-refractivity contribution in [1.82, 2.24) is 9.97 Å². The van der Waals surface area contributed by atoms with Crippen LogP contribution in [0, 0.1) is 6.92 Å². The van der Waals surface area contributed by atoms with E-state index >= 15 is 0 Å². The van der Waals surface area contributed by atoms with Crippen LogP contribution in [0.5, 0.6) is 17.4 Å². The van der Waals surface area contributed by atoms with Gasteiger partial charge in [0.2, 0.25) is 11.8 Å². The van der Waals surface area contributed by atoms with Gasteiger partial charge in [0.05, 0.1) is 17.8 Å². The molecule has 0 radical (unpaired) electrons. The SMILES string of the molecule is CCCNc1ncc(Br)c(Oc2ccc(C)cc2OC)n1. The zero-order valence-electron chi connectivity index (χ0n) is 12.3. The molecule has 0 atom stereocenters. The van der Waals surface area contributed by atoms with Crippen LogP contribution in [0.3, 0.4) is 0 Å². The molecule has 21 heavy (non-hydrogen) atoms. The minimum Gasteiger partial charge on any atom is -0.493 e. The van der Waals surface area contributed by atoms with Crippen LogP contribution >= 0.6 is 15.9 Å². The van der Waals surface area contributed by atoms with Gasteiger partial charge in [0, 0.05) is 6.54 Å². The van der Waals surface area contributed by atoms with E-state index in [-0.39, 0.29) is 0 Å². The van der Waals surface area contributed by atoms with E-state index in [0.29, 0.717) is 27.8 Å².